The van der Waals surface area contributed by atoms with E-state index >= 15 is 0 Å². The second-order valence-electron chi connectivity index (χ2n) is 6.25. The van der Waals surface area contributed by atoms with E-state index in [2.05, 4.69) is 10.6 Å². The highest BCUT2D eigenvalue weighted by molar-refractivity contribution is 8.00. The van der Waals surface area contributed by atoms with Crippen molar-refractivity contribution in [2.75, 3.05) is 12.4 Å². The summed E-state index contributed by atoms with van der Waals surface area (Å²) in [7, 11) is 0. The number of ether oxygens (including phenoxy) is 1. The van der Waals surface area contributed by atoms with Gasteiger partial charge in [-0.3, -0.25) is 4.79 Å². The van der Waals surface area contributed by atoms with Gasteiger partial charge >= 0.3 is 12.0 Å². The third kappa shape index (κ3) is 6.05. The maximum atomic E-state index is 11.6. The van der Waals surface area contributed by atoms with Gasteiger partial charge in [-0.05, 0) is 32.6 Å². The summed E-state index contributed by atoms with van der Waals surface area (Å²) in [6.45, 7) is 1.98. The fourth-order valence-corrected chi connectivity index (χ4v) is 4.54. The summed E-state index contributed by atoms with van der Waals surface area (Å²) in [4.78, 5) is 33.7. The third-order valence-electron chi connectivity index (χ3n) is 4.24. The van der Waals surface area contributed by atoms with Crippen molar-refractivity contribution < 1.29 is 19.1 Å². The maximum absolute atomic E-state index is 11.6. The van der Waals surface area contributed by atoms with Crippen molar-refractivity contribution in [3.05, 3.63) is 0 Å². The molecule has 0 aromatic carbocycles. The molecule has 130 valence electrons. The van der Waals surface area contributed by atoms with Crippen LogP contribution >= 0.6 is 11.8 Å². The first kappa shape index (κ1) is 18.1. The molecular formula is C16H26N2O4S. The quantitative estimate of drug-likeness (QED) is 0.360. The minimum Gasteiger partial charge on any atom is -0.466 e. The van der Waals surface area contributed by atoms with Crippen LogP contribution in [0, 0.1) is 0 Å². The van der Waals surface area contributed by atoms with Crippen LogP contribution in [-0.4, -0.2) is 47.5 Å². The molecular weight excluding hydrogens is 316 g/mol. The lowest BCUT2D eigenvalue weighted by atomic mass is 10.0. The molecule has 7 heteroatoms. The van der Waals surface area contributed by atoms with Crippen LogP contribution in [0.3, 0.4) is 0 Å². The number of carbonyl (C=O) groups is 3. The molecule has 2 aliphatic rings. The van der Waals surface area contributed by atoms with Crippen molar-refractivity contribution >= 4 is 29.5 Å². The zero-order valence-electron chi connectivity index (χ0n) is 13.6. The van der Waals surface area contributed by atoms with Gasteiger partial charge < -0.3 is 20.2 Å². The second kappa shape index (κ2) is 9.15. The molecule has 2 heterocycles. The van der Waals surface area contributed by atoms with Crippen LogP contribution in [0.25, 0.3) is 0 Å². The molecule has 2 rings (SSSR count). The smallest absolute Gasteiger partial charge is 0.315 e. The van der Waals surface area contributed by atoms with Gasteiger partial charge in [-0.2, -0.15) is 11.8 Å². The maximum Gasteiger partial charge on any atom is 0.315 e. The zero-order valence-corrected chi connectivity index (χ0v) is 14.5. The van der Waals surface area contributed by atoms with E-state index in [1.165, 1.54) is 0 Å². The molecule has 0 bridgehead atoms. The average Bonchev–Trinajstić information content (AvgIpc) is 3.02. The Morgan fingerprint density at radius 3 is 2.74 bits per heavy atom. The number of hydrogen-bond donors (Lipinski definition) is 2. The highest BCUT2D eigenvalue weighted by Gasteiger charge is 2.42. The number of esters is 1. The summed E-state index contributed by atoms with van der Waals surface area (Å²) in [5.41, 5.74) is 0. The Morgan fingerprint density at radius 2 is 1.96 bits per heavy atom. The molecule has 2 N–H and O–H groups in total. The first-order valence-corrected chi connectivity index (χ1v) is 9.45. The molecule has 0 radical (unpaired) electrons. The summed E-state index contributed by atoms with van der Waals surface area (Å²) in [6.07, 6.45) is 5.34. The number of amides is 2. The van der Waals surface area contributed by atoms with Gasteiger partial charge in [0.1, 0.15) is 5.78 Å². The van der Waals surface area contributed by atoms with Crippen molar-refractivity contribution in [2.24, 2.45) is 0 Å². The molecule has 2 amide bonds. The van der Waals surface area contributed by atoms with Crippen LogP contribution in [0.5, 0.6) is 0 Å². The van der Waals surface area contributed by atoms with Crippen molar-refractivity contribution in [2.45, 2.75) is 69.2 Å². The van der Waals surface area contributed by atoms with E-state index in [-0.39, 0.29) is 29.9 Å². The molecule has 0 saturated carbocycles. The third-order valence-corrected chi connectivity index (χ3v) is 5.75. The molecule has 2 fully saturated rings. The highest BCUT2D eigenvalue weighted by Crippen LogP contribution is 2.33. The Bertz CT molecular complexity index is 444. The lowest BCUT2D eigenvalue weighted by molar-refractivity contribution is -0.143. The van der Waals surface area contributed by atoms with Crippen LogP contribution in [0.4, 0.5) is 4.79 Å². The molecule has 0 aromatic heterocycles. The predicted molar refractivity (Wildman–Crippen MR) is 89.4 cm³/mol. The van der Waals surface area contributed by atoms with E-state index in [9.17, 15) is 14.4 Å². The van der Waals surface area contributed by atoms with Gasteiger partial charge in [0.15, 0.2) is 0 Å². The summed E-state index contributed by atoms with van der Waals surface area (Å²) in [6, 6.07) is 0.442. The Hall–Kier alpha value is -1.24. The fourth-order valence-electron chi connectivity index (χ4n) is 2.99. The summed E-state index contributed by atoms with van der Waals surface area (Å²) >= 11 is 1.90. The number of rotatable bonds is 10. The molecule has 2 aliphatic heterocycles. The van der Waals surface area contributed by atoms with E-state index in [1.54, 1.807) is 6.92 Å². The first-order valence-electron chi connectivity index (χ1n) is 8.40. The topological polar surface area (TPSA) is 84.5 Å². The molecule has 2 saturated heterocycles. The Balaban J connectivity index is 1.48. The van der Waals surface area contributed by atoms with Crippen molar-refractivity contribution in [1.29, 1.82) is 0 Å². The number of Topliss-reactive ketones (excluding diaryl/α,β-unsaturated/α-hetero) is 1. The van der Waals surface area contributed by atoms with Crippen LogP contribution in [0.15, 0.2) is 0 Å². The summed E-state index contributed by atoms with van der Waals surface area (Å²) in [5.74, 6) is 0.994. The van der Waals surface area contributed by atoms with E-state index in [0.717, 1.165) is 37.9 Å². The molecule has 0 unspecified atom stereocenters. The molecule has 6 nitrogen and oxygen atoms in total. The van der Waals surface area contributed by atoms with Crippen LogP contribution in [-0.2, 0) is 14.3 Å². The monoisotopic (exact) mass is 342 g/mol. The number of hydrogen-bond acceptors (Lipinski definition) is 5. The number of fused-ring (bicyclic) bond motifs is 1. The molecule has 3 atom stereocenters. The lowest BCUT2D eigenvalue weighted by Gasteiger charge is -2.16. The van der Waals surface area contributed by atoms with Gasteiger partial charge in [0.05, 0.1) is 18.7 Å². The zero-order chi connectivity index (χ0) is 16.7. The van der Waals surface area contributed by atoms with Gasteiger partial charge in [0.2, 0.25) is 0 Å². The molecule has 0 aliphatic carbocycles. The summed E-state index contributed by atoms with van der Waals surface area (Å²) in [5, 5.41) is 6.35. The normalized spacial score (nSPS) is 25.6. The van der Waals surface area contributed by atoms with E-state index in [0.29, 0.717) is 24.7 Å². The van der Waals surface area contributed by atoms with Crippen molar-refractivity contribution in [3.63, 3.8) is 0 Å². The molecule has 0 aromatic rings. The van der Waals surface area contributed by atoms with E-state index in [1.807, 2.05) is 11.8 Å². The Morgan fingerprint density at radius 1 is 1.17 bits per heavy atom. The Kier molecular flexibility index (Phi) is 7.20. The lowest BCUT2D eigenvalue weighted by Crippen LogP contribution is -2.36. The van der Waals surface area contributed by atoms with Crippen molar-refractivity contribution in [1.82, 2.24) is 10.6 Å². The van der Waals surface area contributed by atoms with Gasteiger partial charge in [0, 0.05) is 23.8 Å². The largest absolute Gasteiger partial charge is 0.466 e. The first-order chi connectivity index (χ1) is 11.1. The van der Waals surface area contributed by atoms with E-state index in [4.69, 9.17) is 4.74 Å². The minimum atomic E-state index is -0.152. The van der Waals surface area contributed by atoms with Crippen LogP contribution in [0.1, 0.15) is 51.9 Å². The van der Waals surface area contributed by atoms with E-state index < -0.39 is 0 Å². The van der Waals surface area contributed by atoms with Gasteiger partial charge in [-0.15, -0.1) is 0 Å². The highest BCUT2D eigenvalue weighted by atomic mass is 32.2. The average molecular weight is 342 g/mol. The standard InChI is InChI=1S/C16H26N2O4S/c1-11(19)6-4-5-9-22-14(20)8-3-2-7-13-15-12(10-23-13)17-16(21)18-15/h12-13,15H,2-10H2,1H3,(H2,17,18,21)/t12-,13-,15-/m0/s1. The van der Waals surface area contributed by atoms with Crippen molar-refractivity contribution in [3.8, 4) is 0 Å². The fraction of sp³-hybridized carbons (Fsp3) is 0.812. The number of carbonyl (C=O) groups excluding carboxylic acids is 3. The van der Waals surface area contributed by atoms with Crippen LogP contribution < -0.4 is 10.6 Å². The van der Waals surface area contributed by atoms with Gasteiger partial charge in [0.25, 0.3) is 0 Å². The molecule has 23 heavy (non-hydrogen) atoms. The SMILES string of the molecule is CC(=O)CCCCOC(=O)CCCC[C@@H]1SC[C@@H]2NC(=O)N[C@@H]21. The minimum absolute atomic E-state index is 0.0568. The summed E-state index contributed by atoms with van der Waals surface area (Å²) < 4.78 is 5.16. The van der Waals surface area contributed by atoms with Gasteiger partial charge in [-0.1, -0.05) is 6.42 Å². The van der Waals surface area contributed by atoms with Crippen LogP contribution in [0.2, 0.25) is 0 Å². The second-order valence-corrected chi connectivity index (χ2v) is 7.52. The number of nitrogens with one attached hydrogen (secondary N) is 2. The van der Waals surface area contributed by atoms with Gasteiger partial charge in [-0.25, -0.2) is 4.79 Å². The number of thioether (sulfide) groups is 1. The number of ketones is 1. The number of urea groups is 1. The Labute approximate surface area is 141 Å². The number of unbranched alkanes of at least 4 members (excludes halogenated alkanes) is 2. The molecule has 0 spiro atoms. The predicted octanol–water partition coefficient (Wildman–Crippen LogP) is 2.01.